The first-order valence-electron chi connectivity index (χ1n) is 5.27. The van der Waals surface area contributed by atoms with Gasteiger partial charge in [0.05, 0.1) is 22.5 Å². The Balaban J connectivity index is 1.96. The molecule has 3 rings (SSSR count). The Morgan fingerprint density at radius 3 is 2.94 bits per heavy atom. The van der Waals surface area contributed by atoms with Gasteiger partial charge < -0.3 is 4.74 Å². The minimum absolute atomic E-state index is 0.161. The van der Waals surface area contributed by atoms with Gasteiger partial charge in [0.15, 0.2) is 0 Å². The number of fused-ring (bicyclic) bond motifs is 1. The predicted octanol–water partition coefficient (Wildman–Crippen LogP) is 2.30. The first-order chi connectivity index (χ1) is 7.74. The number of benzene rings is 1. The number of nitrogens with one attached hydrogen (secondary N) is 2. The summed E-state index contributed by atoms with van der Waals surface area (Å²) in [5, 5.41) is 6.34. The zero-order valence-corrected chi connectivity index (χ0v) is 9.30. The van der Waals surface area contributed by atoms with E-state index < -0.39 is 0 Å². The molecule has 0 spiro atoms. The van der Waals surface area contributed by atoms with Crippen molar-refractivity contribution < 1.29 is 4.74 Å². The lowest BCUT2D eigenvalue weighted by atomic mass is 10.2. The molecule has 1 saturated carbocycles. The molecule has 16 heavy (non-hydrogen) atoms. The first kappa shape index (κ1) is 9.78. The van der Waals surface area contributed by atoms with Crippen LogP contribution in [0.4, 0.5) is 0 Å². The Bertz CT molecular complexity index is 583. The monoisotopic (exact) mass is 238 g/mol. The second kappa shape index (κ2) is 3.56. The number of hydrogen-bond acceptors (Lipinski definition) is 2. The molecule has 1 aliphatic rings. The SMILES string of the molecule is O=c1[nH][nH]c2cc(OCC3CC3)c(Cl)cc12. The summed E-state index contributed by atoms with van der Waals surface area (Å²) in [6.45, 7) is 0.708. The Hall–Kier alpha value is -1.42. The zero-order chi connectivity index (χ0) is 11.1. The molecular weight excluding hydrogens is 228 g/mol. The number of hydrogen-bond donors (Lipinski definition) is 2. The summed E-state index contributed by atoms with van der Waals surface area (Å²) in [6, 6.07) is 3.40. The van der Waals surface area contributed by atoms with Crippen LogP contribution in [0.3, 0.4) is 0 Å². The van der Waals surface area contributed by atoms with Crippen LogP contribution in [0.5, 0.6) is 5.75 Å². The van der Waals surface area contributed by atoms with Crippen molar-refractivity contribution >= 4 is 22.5 Å². The van der Waals surface area contributed by atoms with Crippen molar-refractivity contribution in [1.29, 1.82) is 0 Å². The molecule has 0 unspecified atom stereocenters. The molecule has 84 valence electrons. The minimum Gasteiger partial charge on any atom is -0.492 e. The van der Waals surface area contributed by atoms with Crippen molar-refractivity contribution in [2.75, 3.05) is 6.61 Å². The molecule has 0 atom stereocenters. The highest BCUT2D eigenvalue weighted by Gasteiger charge is 2.22. The van der Waals surface area contributed by atoms with E-state index in [-0.39, 0.29) is 5.56 Å². The van der Waals surface area contributed by atoms with E-state index in [9.17, 15) is 4.79 Å². The number of aromatic nitrogens is 2. The fraction of sp³-hybridized carbons (Fsp3) is 0.364. The average Bonchev–Trinajstić information content (AvgIpc) is 3.03. The molecule has 1 aromatic heterocycles. The standard InChI is InChI=1S/C11H11ClN2O2/c12-8-3-7-9(13-14-11(7)15)4-10(8)16-5-6-1-2-6/h3-4,6H,1-2,5H2,(H2,13,14,15). The fourth-order valence-corrected chi connectivity index (χ4v) is 1.86. The number of aromatic amines is 2. The van der Waals surface area contributed by atoms with Gasteiger partial charge in [0, 0.05) is 6.07 Å². The molecule has 0 amide bonds. The van der Waals surface area contributed by atoms with E-state index >= 15 is 0 Å². The summed E-state index contributed by atoms with van der Waals surface area (Å²) in [6.07, 6.45) is 2.47. The lowest BCUT2D eigenvalue weighted by Gasteiger charge is -2.06. The maximum absolute atomic E-state index is 11.3. The maximum Gasteiger partial charge on any atom is 0.271 e. The van der Waals surface area contributed by atoms with Gasteiger partial charge >= 0.3 is 0 Å². The zero-order valence-electron chi connectivity index (χ0n) is 8.55. The third kappa shape index (κ3) is 1.69. The largest absolute Gasteiger partial charge is 0.492 e. The van der Waals surface area contributed by atoms with E-state index in [1.165, 1.54) is 12.8 Å². The van der Waals surface area contributed by atoms with Crippen molar-refractivity contribution in [1.82, 2.24) is 10.2 Å². The number of H-pyrrole nitrogens is 2. The summed E-state index contributed by atoms with van der Waals surface area (Å²) >= 11 is 6.04. The second-order valence-corrected chi connectivity index (χ2v) is 4.57. The van der Waals surface area contributed by atoms with Gasteiger partial charge in [0.2, 0.25) is 0 Å². The van der Waals surface area contributed by atoms with Crippen molar-refractivity contribution in [3.8, 4) is 5.75 Å². The van der Waals surface area contributed by atoms with Crippen LogP contribution in [0, 0.1) is 5.92 Å². The van der Waals surface area contributed by atoms with E-state index in [4.69, 9.17) is 16.3 Å². The van der Waals surface area contributed by atoms with Crippen LogP contribution in [0.2, 0.25) is 5.02 Å². The highest BCUT2D eigenvalue weighted by Crippen LogP contribution is 2.32. The smallest absolute Gasteiger partial charge is 0.271 e. The van der Waals surface area contributed by atoms with Crippen molar-refractivity contribution in [2.45, 2.75) is 12.8 Å². The van der Waals surface area contributed by atoms with Gasteiger partial charge in [0.1, 0.15) is 5.75 Å². The molecule has 1 aromatic carbocycles. The Morgan fingerprint density at radius 2 is 2.19 bits per heavy atom. The lowest BCUT2D eigenvalue weighted by Crippen LogP contribution is -2.00. The molecule has 0 saturated heterocycles. The van der Waals surface area contributed by atoms with Gasteiger partial charge in [-0.25, -0.2) is 0 Å². The number of rotatable bonds is 3. The summed E-state index contributed by atoms with van der Waals surface area (Å²) in [5.41, 5.74) is 0.561. The second-order valence-electron chi connectivity index (χ2n) is 4.16. The van der Waals surface area contributed by atoms with Crippen molar-refractivity contribution in [3.05, 3.63) is 27.5 Å². The molecule has 0 radical (unpaired) electrons. The normalized spacial score (nSPS) is 15.6. The molecule has 1 heterocycles. The van der Waals surface area contributed by atoms with E-state index in [0.717, 1.165) is 5.52 Å². The van der Waals surface area contributed by atoms with Crippen molar-refractivity contribution in [3.63, 3.8) is 0 Å². The minimum atomic E-state index is -0.161. The van der Waals surface area contributed by atoms with Crippen LogP contribution in [-0.2, 0) is 0 Å². The van der Waals surface area contributed by atoms with Crippen molar-refractivity contribution in [2.24, 2.45) is 5.92 Å². The predicted molar refractivity (Wildman–Crippen MR) is 62.1 cm³/mol. The quantitative estimate of drug-likeness (QED) is 0.862. The lowest BCUT2D eigenvalue weighted by molar-refractivity contribution is 0.300. The molecule has 2 aromatic rings. The Kier molecular flexibility index (Phi) is 2.17. The molecule has 5 heteroatoms. The summed E-state index contributed by atoms with van der Waals surface area (Å²) in [7, 11) is 0. The molecule has 0 bridgehead atoms. The summed E-state index contributed by atoms with van der Waals surface area (Å²) in [5.74, 6) is 1.31. The summed E-state index contributed by atoms with van der Waals surface area (Å²) < 4.78 is 5.61. The molecule has 1 fully saturated rings. The first-order valence-corrected chi connectivity index (χ1v) is 5.64. The average molecular weight is 239 g/mol. The molecular formula is C11H11ClN2O2. The van der Waals surface area contributed by atoms with Crippen LogP contribution >= 0.6 is 11.6 Å². The van der Waals surface area contributed by atoms with Gasteiger partial charge in [-0.3, -0.25) is 15.0 Å². The molecule has 1 aliphatic carbocycles. The highest BCUT2D eigenvalue weighted by molar-refractivity contribution is 6.32. The number of ether oxygens (including phenoxy) is 1. The maximum atomic E-state index is 11.3. The van der Waals surface area contributed by atoms with E-state index in [2.05, 4.69) is 10.2 Å². The van der Waals surface area contributed by atoms with Gasteiger partial charge in [-0.1, -0.05) is 11.6 Å². The van der Waals surface area contributed by atoms with Crippen LogP contribution < -0.4 is 10.3 Å². The van der Waals surface area contributed by atoms with E-state index in [0.29, 0.717) is 28.7 Å². The van der Waals surface area contributed by atoms with Crippen LogP contribution in [0.15, 0.2) is 16.9 Å². The third-order valence-corrected chi connectivity index (χ3v) is 3.09. The Labute approximate surface area is 96.5 Å². The van der Waals surface area contributed by atoms with Gasteiger partial charge in [0.25, 0.3) is 5.56 Å². The highest BCUT2D eigenvalue weighted by atomic mass is 35.5. The fourth-order valence-electron chi connectivity index (χ4n) is 1.64. The third-order valence-electron chi connectivity index (χ3n) is 2.80. The van der Waals surface area contributed by atoms with E-state index in [1.807, 2.05) is 0 Å². The Morgan fingerprint density at radius 1 is 1.38 bits per heavy atom. The van der Waals surface area contributed by atoms with Crippen LogP contribution in [0.1, 0.15) is 12.8 Å². The molecule has 2 N–H and O–H groups in total. The van der Waals surface area contributed by atoms with Crippen LogP contribution in [-0.4, -0.2) is 16.8 Å². The molecule has 0 aliphatic heterocycles. The van der Waals surface area contributed by atoms with Gasteiger partial charge in [-0.05, 0) is 24.8 Å². The molecule has 4 nitrogen and oxygen atoms in total. The van der Waals surface area contributed by atoms with Gasteiger partial charge in [-0.2, -0.15) is 0 Å². The van der Waals surface area contributed by atoms with Gasteiger partial charge in [-0.15, -0.1) is 0 Å². The summed E-state index contributed by atoms with van der Waals surface area (Å²) in [4.78, 5) is 11.3. The topological polar surface area (TPSA) is 57.9 Å². The number of halogens is 1. The van der Waals surface area contributed by atoms with E-state index in [1.54, 1.807) is 12.1 Å². The van der Waals surface area contributed by atoms with Crippen LogP contribution in [0.25, 0.3) is 10.9 Å².